The van der Waals surface area contributed by atoms with E-state index in [2.05, 4.69) is 5.32 Å². The molecule has 2 N–H and O–H groups in total. The van der Waals surface area contributed by atoms with Crippen molar-refractivity contribution in [2.75, 3.05) is 13.1 Å². The minimum atomic E-state index is -5.08. The Balaban J connectivity index is 0.000000295. The number of halogens is 5. The maximum Gasteiger partial charge on any atom is 0.490 e. The summed E-state index contributed by atoms with van der Waals surface area (Å²) in [6, 6.07) is 4.39. The highest BCUT2D eigenvalue weighted by Gasteiger charge is 2.38. The number of nitrogens with one attached hydrogen (secondary N) is 1. The molecule has 0 bridgehead atoms. The van der Waals surface area contributed by atoms with Gasteiger partial charge < -0.3 is 15.2 Å². The third-order valence-electron chi connectivity index (χ3n) is 2.78. The molecule has 1 aromatic rings. The Labute approximate surface area is 129 Å². The Hall–Kier alpha value is -1.38. The van der Waals surface area contributed by atoms with Crippen LogP contribution < -0.4 is 5.32 Å². The van der Waals surface area contributed by atoms with Gasteiger partial charge in [0.2, 0.25) is 0 Å². The molecule has 9 heteroatoms. The lowest BCUT2D eigenvalue weighted by molar-refractivity contribution is -0.192. The second-order valence-corrected chi connectivity index (χ2v) is 4.93. The fourth-order valence-corrected chi connectivity index (χ4v) is 1.87. The lowest BCUT2D eigenvalue weighted by Gasteiger charge is -2.30. The molecule has 0 aliphatic carbocycles. The van der Waals surface area contributed by atoms with E-state index in [1.54, 1.807) is 6.07 Å². The summed E-state index contributed by atoms with van der Waals surface area (Å²) >= 11 is 5.93. The molecule has 22 heavy (non-hydrogen) atoms. The topological polar surface area (TPSA) is 58.6 Å². The molecular weight excluding hydrogens is 330 g/mol. The van der Waals surface area contributed by atoms with Crippen LogP contribution >= 0.6 is 11.6 Å². The second-order valence-electron chi connectivity index (χ2n) is 4.53. The van der Waals surface area contributed by atoms with Crippen LogP contribution in [0.15, 0.2) is 18.2 Å². The lowest BCUT2D eigenvalue weighted by Crippen LogP contribution is -2.48. The van der Waals surface area contributed by atoms with Crippen LogP contribution in [0.3, 0.4) is 0 Å². The number of carboxylic acids is 1. The molecule has 0 radical (unpaired) electrons. The molecule has 0 aromatic heterocycles. The van der Waals surface area contributed by atoms with Crippen LogP contribution in [0.4, 0.5) is 17.6 Å². The molecule has 2 rings (SSSR count). The summed E-state index contributed by atoms with van der Waals surface area (Å²) in [6.07, 6.45) is -4.92. The largest absolute Gasteiger partial charge is 0.490 e. The van der Waals surface area contributed by atoms with Crippen molar-refractivity contribution < 1.29 is 32.2 Å². The predicted octanol–water partition coefficient (Wildman–Crippen LogP) is 3.16. The smallest absolute Gasteiger partial charge is 0.475 e. The van der Waals surface area contributed by atoms with Crippen molar-refractivity contribution in [2.45, 2.75) is 25.3 Å². The van der Waals surface area contributed by atoms with Gasteiger partial charge in [-0.2, -0.15) is 13.2 Å². The molecule has 1 unspecified atom stereocenters. The highest BCUT2D eigenvalue weighted by Crippen LogP contribution is 2.27. The molecule has 1 fully saturated rings. The van der Waals surface area contributed by atoms with Gasteiger partial charge in [0.1, 0.15) is 5.82 Å². The number of alkyl halides is 3. The summed E-state index contributed by atoms with van der Waals surface area (Å²) in [5.74, 6) is -3.08. The van der Waals surface area contributed by atoms with Crippen LogP contribution in [0.25, 0.3) is 0 Å². The SMILES string of the molecule is CC(OC1CNC1)c1ccc(F)cc1Cl.O=C(O)C(F)(F)F. The maximum atomic E-state index is 12.8. The first-order valence-corrected chi connectivity index (χ1v) is 6.60. The van der Waals surface area contributed by atoms with Gasteiger partial charge in [0.15, 0.2) is 0 Å². The van der Waals surface area contributed by atoms with Gasteiger partial charge in [-0.25, -0.2) is 9.18 Å². The van der Waals surface area contributed by atoms with Gasteiger partial charge in [-0.3, -0.25) is 0 Å². The normalized spacial score (nSPS) is 16.3. The predicted molar refractivity (Wildman–Crippen MR) is 71.3 cm³/mol. The Morgan fingerprint density at radius 3 is 2.36 bits per heavy atom. The molecule has 0 amide bonds. The van der Waals surface area contributed by atoms with E-state index in [4.69, 9.17) is 26.2 Å². The van der Waals surface area contributed by atoms with E-state index >= 15 is 0 Å². The molecule has 4 nitrogen and oxygen atoms in total. The molecule has 0 spiro atoms. The molecule has 1 aliphatic heterocycles. The molecule has 1 aliphatic rings. The number of aliphatic carboxylic acids is 1. The quantitative estimate of drug-likeness (QED) is 0.828. The first-order chi connectivity index (χ1) is 10.1. The van der Waals surface area contributed by atoms with E-state index in [1.807, 2.05) is 6.92 Å². The van der Waals surface area contributed by atoms with Crippen LogP contribution in [-0.4, -0.2) is 36.4 Å². The Morgan fingerprint density at radius 1 is 1.45 bits per heavy atom. The van der Waals surface area contributed by atoms with Gasteiger partial charge >= 0.3 is 12.1 Å². The van der Waals surface area contributed by atoms with Crippen molar-refractivity contribution in [3.8, 4) is 0 Å². The first kappa shape index (κ1) is 18.7. The average molecular weight is 344 g/mol. The zero-order valence-corrected chi connectivity index (χ0v) is 12.2. The zero-order valence-electron chi connectivity index (χ0n) is 11.5. The fraction of sp³-hybridized carbons (Fsp3) is 0.462. The van der Waals surface area contributed by atoms with E-state index in [-0.39, 0.29) is 18.0 Å². The Kier molecular flexibility index (Phi) is 6.58. The fourth-order valence-electron chi connectivity index (χ4n) is 1.55. The van der Waals surface area contributed by atoms with Gasteiger partial charge in [-0.1, -0.05) is 17.7 Å². The van der Waals surface area contributed by atoms with Gasteiger partial charge in [0, 0.05) is 18.1 Å². The monoisotopic (exact) mass is 343 g/mol. The van der Waals surface area contributed by atoms with E-state index in [1.165, 1.54) is 12.1 Å². The van der Waals surface area contributed by atoms with Gasteiger partial charge in [-0.15, -0.1) is 0 Å². The molecule has 1 heterocycles. The van der Waals surface area contributed by atoms with Crippen molar-refractivity contribution in [3.05, 3.63) is 34.6 Å². The summed E-state index contributed by atoms with van der Waals surface area (Å²) in [5.41, 5.74) is 0.838. The summed E-state index contributed by atoms with van der Waals surface area (Å²) in [7, 11) is 0. The first-order valence-electron chi connectivity index (χ1n) is 6.22. The highest BCUT2D eigenvalue weighted by molar-refractivity contribution is 6.31. The van der Waals surface area contributed by atoms with Gasteiger partial charge in [-0.05, 0) is 24.6 Å². The van der Waals surface area contributed by atoms with Crippen molar-refractivity contribution in [1.82, 2.24) is 5.32 Å². The number of ether oxygens (including phenoxy) is 1. The number of benzene rings is 1. The Bertz CT molecular complexity index is 520. The summed E-state index contributed by atoms with van der Waals surface area (Å²) in [5, 5.41) is 10.7. The van der Waals surface area contributed by atoms with E-state index in [0.717, 1.165) is 18.7 Å². The number of rotatable bonds is 3. The molecule has 0 saturated carbocycles. The Morgan fingerprint density at radius 2 is 2.00 bits per heavy atom. The molecule has 1 aromatic carbocycles. The van der Waals surface area contributed by atoms with Crippen molar-refractivity contribution in [3.63, 3.8) is 0 Å². The van der Waals surface area contributed by atoms with Crippen LogP contribution in [0.5, 0.6) is 0 Å². The second kappa shape index (κ2) is 7.75. The van der Waals surface area contributed by atoms with E-state index in [9.17, 15) is 17.6 Å². The van der Waals surface area contributed by atoms with E-state index < -0.39 is 12.1 Å². The summed E-state index contributed by atoms with van der Waals surface area (Å²) in [6.45, 7) is 3.68. The minimum absolute atomic E-state index is 0.0924. The van der Waals surface area contributed by atoms with Crippen molar-refractivity contribution >= 4 is 17.6 Å². The van der Waals surface area contributed by atoms with Gasteiger partial charge in [0.05, 0.1) is 12.2 Å². The lowest BCUT2D eigenvalue weighted by atomic mass is 10.1. The zero-order chi connectivity index (χ0) is 16.9. The third kappa shape index (κ3) is 5.78. The maximum absolute atomic E-state index is 12.8. The van der Waals surface area contributed by atoms with Crippen molar-refractivity contribution in [2.24, 2.45) is 0 Å². The molecule has 124 valence electrons. The molecule has 1 saturated heterocycles. The number of carboxylic acid groups (broad SMARTS) is 1. The number of hydrogen-bond acceptors (Lipinski definition) is 3. The van der Waals surface area contributed by atoms with E-state index in [0.29, 0.717) is 5.02 Å². The standard InChI is InChI=1S/C11H13ClFNO.C2HF3O2/c1-7(15-9-5-14-6-9)10-3-2-8(13)4-11(10)12;3-2(4,5)1(6)7/h2-4,7,9,14H,5-6H2,1H3;(H,6,7). The van der Waals surface area contributed by atoms with Crippen LogP contribution in [0.2, 0.25) is 5.02 Å². The van der Waals surface area contributed by atoms with Crippen LogP contribution in [-0.2, 0) is 9.53 Å². The average Bonchev–Trinajstić information content (AvgIpc) is 2.33. The molecule has 1 atom stereocenters. The highest BCUT2D eigenvalue weighted by atomic mass is 35.5. The van der Waals surface area contributed by atoms with Gasteiger partial charge in [0.25, 0.3) is 0 Å². The molecular formula is C13H14ClF4NO3. The number of carbonyl (C=O) groups is 1. The minimum Gasteiger partial charge on any atom is -0.475 e. The number of hydrogen-bond donors (Lipinski definition) is 2. The van der Waals surface area contributed by atoms with Crippen LogP contribution in [0, 0.1) is 5.82 Å². The summed E-state index contributed by atoms with van der Waals surface area (Å²) < 4.78 is 50.3. The van der Waals surface area contributed by atoms with Crippen molar-refractivity contribution in [1.29, 1.82) is 0 Å². The third-order valence-corrected chi connectivity index (χ3v) is 3.11. The summed E-state index contributed by atoms with van der Waals surface area (Å²) in [4.78, 5) is 8.90. The van der Waals surface area contributed by atoms with Crippen LogP contribution in [0.1, 0.15) is 18.6 Å².